The summed E-state index contributed by atoms with van der Waals surface area (Å²) >= 11 is 0. The maximum atomic E-state index is 10.9. The summed E-state index contributed by atoms with van der Waals surface area (Å²) in [6, 6.07) is 0. The number of aliphatic hydroxyl groups is 1. The minimum absolute atomic E-state index is 0.0903. The zero-order valence-electron chi connectivity index (χ0n) is 22.8. The van der Waals surface area contributed by atoms with Gasteiger partial charge in [0.2, 0.25) is 0 Å². The lowest BCUT2D eigenvalue weighted by molar-refractivity contribution is -0.174. The summed E-state index contributed by atoms with van der Waals surface area (Å²) in [5.74, 6) is 3.90. The SMILES string of the molecule is CC(C)[C@@]1(C)CC[C@H]([C@H]2CC[C@@]3(C)[C@@H]4CC[C@@H]5C(C)(C)[C@@H](O)CC[C@@]56C[C@@]46CC[C@]23C)CO1. The number of ether oxygens (including phenoxy) is 1. The third-order valence-electron chi connectivity index (χ3n) is 14.6. The molecule has 0 amide bonds. The number of aliphatic hydroxyl groups excluding tert-OH is 1. The smallest absolute Gasteiger partial charge is 0.0677 e. The molecule has 6 fully saturated rings. The van der Waals surface area contributed by atoms with Crippen molar-refractivity contribution in [1.82, 2.24) is 0 Å². The molecule has 2 heteroatoms. The van der Waals surface area contributed by atoms with Crippen LogP contribution in [0, 0.1) is 56.7 Å². The lowest BCUT2D eigenvalue weighted by atomic mass is 9.41. The lowest BCUT2D eigenvalue weighted by Gasteiger charge is -2.63. The molecule has 1 aliphatic heterocycles. The monoisotopic (exact) mass is 456 g/mol. The van der Waals surface area contributed by atoms with E-state index in [0.29, 0.717) is 27.6 Å². The van der Waals surface area contributed by atoms with Gasteiger partial charge in [0.25, 0.3) is 0 Å². The molecule has 5 aliphatic carbocycles. The number of hydrogen-bond acceptors (Lipinski definition) is 2. The summed E-state index contributed by atoms with van der Waals surface area (Å²) in [4.78, 5) is 0. The van der Waals surface area contributed by atoms with Gasteiger partial charge in [0.1, 0.15) is 0 Å². The zero-order valence-corrected chi connectivity index (χ0v) is 22.8. The molecular weight excluding hydrogens is 404 g/mol. The van der Waals surface area contributed by atoms with Gasteiger partial charge in [0.15, 0.2) is 0 Å². The molecule has 1 heterocycles. The highest BCUT2D eigenvalue weighted by Crippen LogP contribution is 2.89. The van der Waals surface area contributed by atoms with E-state index < -0.39 is 0 Å². The minimum Gasteiger partial charge on any atom is -0.393 e. The minimum atomic E-state index is -0.0922. The van der Waals surface area contributed by atoms with E-state index in [1.54, 1.807) is 0 Å². The van der Waals surface area contributed by atoms with Gasteiger partial charge >= 0.3 is 0 Å². The predicted octanol–water partition coefficient (Wildman–Crippen LogP) is 7.63. The second-order valence-corrected chi connectivity index (χ2v) is 15.6. The molecule has 10 atom stereocenters. The molecule has 2 spiro atoms. The molecule has 1 saturated heterocycles. The molecule has 0 bridgehead atoms. The van der Waals surface area contributed by atoms with Crippen LogP contribution in [0.4, 0.5) is 0 Å². The Morgan fingerprint density at radius 1 is 0.727 bits per heavy atom. The fraction of sp³-hybridized carbons (Fsp3) is 1.00. The zero-order chi connectivity index (χ0) is 23.7. The van der Waals surface area contributed by atoms with Gasteiger partial charge in [-0.25, -0.2) is 0 Å². The molecule has 188 valence electrons. The van der Waals surface area contributed by atoms with Gasteiger partial charge in [-0.3, -0.25) is 0 Å². The summed E-state index contributed by atoms with van der Waals surface area (Å²) in [5.41, 5.74) is 2.36. The van der Waals surface area contributed by atoms with Crippen molar-refractivity contribution in [3.63, 3.8) is 0 Å². The molecule has 5 saturated carbocycles. The summed E-state index contributed by atoms with van der Waals surface area (Å²) in [5, 5.41) is 10.9. The van der Waals surface area contributed by atoms with Gasteiger partial charge in [-0.15, -0.1) is 0 Å². The van der Waals surface area contributed by atoms with Gasteiger partial charge < -0.3 is 9.84 Å². The highest BCUT2D eigenvalue weighted by Gasteiger charge is 2.82. The largest absolute Gasteiger partial charge is 0.393 e. The van der Waals surface area contributed by atoms with Crippen LogP contribution in [0.2, 0.25) is 0 Å². The van der Waals surface area contributed by atoms with E-state index in [1.165, 1.54) is 64.2 Å². The Morgan fingerprint density at radius 2 is 1.42 bits per heavy atom. The van der Waals surface area contributed by atoms with Crippen molar-refractivity contribution in [3.8, 4) is 0 Å². The summed E-state index contributed by atoms with van der Waals surface area (Å²) in [7, 11) is 0. The Balaban J connectivity index is 1.26. The van der Waals surface area contributed by atoms with Crippen LogP contribution in [0.25, 0.3) is 0 Å². The summed E-state index contributed by atoms with van der Waals surface area (Å²) in [6.07, 6.45) is 15.0. The van der Waals surface area contributed by atoms with Crippen molar-refractivity contribution in [2.75, 3.05) is 6.61 Å². The van der Waals surface area contributed by atoms with Crippen LogP contribution in [0.1, 0.15) is 119 Å². The van der Waals surface area contributed by atoms with Gasteiger partial charge in [-0.05, 0) is 134 Å². The van der Waals surface area contributed by atoms with Gasteiger partial charge in [0.05, 0.1) is 18.3 Å². The second-order valence-electron chi connectivity index (χ2n) is 15.6. The second kappa shape index (κ2) is 6.81. The Labute approximate surface area is 204 Å². The van der Waals surface area contributed by atoms with E-state index in [2.05, 4.69) is 48.5 Å². The highest BCUT2D eigenvalue weighted by molar-refractivity contribution is 5.30. The van der Waals surface area contributed by atoms with Crippen LogP contribution in [0.15, 0.2) is 0 Å². The maximum Gasteiger partial charge on any atom is 0.0677 e. The summed E-state index contributed by atoms with van der Waals surface area (Å²) in [6.45, 7) is 18.3. The van der Waals surface area contributed by atoms with Gasteiger partial charge in [-0.1, -0.05) is 41.5 Å². The molecule has 6 rings (SSSR count). The van der Waals surface area contributed by atoms with Crippen molar-refractivity contribution < 1.29 is 9.84 Å². The van der Waals surface area contributed by atoms with Crippen LogP contribution in [-0.2, 0) is 4.74 Å². The standard InChI is InChI=1S/C31H52O2/c1-20(2)29(7)14-10-21(18-33-29)22-11-13-28(6)24-9-8-23-26(3,4)25(32)12-15-30(23)19-31(24,30)17-16-27(22,28)5/h20-25,32H,8-19H2,1-7H3/t21-,22+,23+,24-,25-,27+,28-,29+,30+,31-/m0/s1. The fourth-order valence-corrected chi connectivity index (χ4v) is 11.8. The normalized spacial score (nSPS) is 59.4. The van der Waals surface area contributed by atoms with Crippen LogP contribution in [-0.4, -0.2) is 23.4 Å². The Kier molecular flexibility index (Phi) is 4.82. The van der Waals surface area contributed by atoms with Crippen LogP contribution in [0.3, 0.4) is 0 Å². The first-order valence-corrected chi connectivity index (χ1v) is 14.7. The number of rotatable bonds is 2. The Hall–Kier alpha value is -0.0800. The average molecular weight is 457 g/mol. The average Bonchev–Trinajstić information content (AvgIpc) is 3.35. The molecule has 0 aromatic heterocycles. The van der Waals surface area contributed by atoms with E-state index >= 15 is 0 Å². The van der Waals surface area contributed by atoms with E-state index in [4.69, 9.17) is 4.74 Å². The van der Waals surface area contributed by atoms with E-state index in [0.717, 1.165) is 36.7 Å². The quantitative estimate of drug-likeness (QED) is 0.463. The van der Waals surface area contributed by atoms with Crippen molar-refractivity contribution in [1.29, 1.82) is 0 Å². The third kappa shape index (κ3) is 2.65. The Bertz CT molecular complexity index is 808. The first-order chi connectivity index (χ1) is 15.4. The predicted molar refractivity (Wildman–Crippen MR) is 135 cm³/mol. The topological polar surface area (TPSA) is 29.5 Å². The molecule has 1 N–H and O–H groups in total. The van der Waals surface area contributed by atoms with Gasteiger partial charge in [-0.2, -0.15) is 0 Å². The molecule has 0 aromatic carbocycles. The van der Waals surface area contributed by atoms with E-state index in [9.17, 15) is 5.11 Å². The molecule has 6 aliphatic rings. The van der Waals surface area contributed by atoms with Gasteiger partial charge in [0, 0.05) is 0 Å². The first kappa shape index (κ1) is 23.3. The summed E-state index contributed by atoms with van der Waals surface area (Å²) < 4.78 is 6.62. The van der Waals surface area contributed by atoms with Crippen molar-refractivity contribution >= 4 is 0 Å². The Morgan fingerprint density at radius 3 is 2.09 bits per heavy atom. The van der Waals surface area contributed by atoms with E-state index in [-0.39, 0.29) is 17.1 Å². The fourth-order valence-electron chi connectivity index (χ4n) is 11.8. The maximum absolute atomic E-state index is 10.9. The molecule has 0 unspecified atom stereocenters. The van der Waals surface area contributed by atoms with Crippen molar-refractivity contribution in [2.24, 2.45) is 56.7 Å². The molecule has 2 nitrogen and oxygen atoms in total. The van der Waals surface area contributed by atoms with Crippen LogP contribution < -0.4 is 0 Å². The number of hydrogen-bond donors (Lipinski definition) is 1. The molecular formula is C31H52O2. The van der Waals surface area contributed by atoms with E-state index in [1.807, 2.05) is 0 Å². The lowest BCUT2D eigenvalue weighted by Crippen LogP contribution is -2.58. The van der Waals surface area contributed by atoms with Crippen molar-refractivity contribution in [3.05, 3.63) is 0 Å². The van der Waals surface area contributed by atoms with Crippen LogP contribution >= 0.6 is 0 Å². The highest BCUT2D eigenvalue weighted by atomic mass is 16.5. The van der Waals surface area contributed by atoms with Crippen molar-refractivity contribution in [2.45, 2.75) is 131 Å². The molecule has 33 heavy (non-hydrogen) atoms. The van der Waals surface area contributed by atoms with Crippen LogP contribution in [0.5, 0.6) is 0 Å². The first-order valence-electron chi connectivity index (χ1n) is 14.7. The molecule has 0 aromatic rings. The molecule has 0 radical (unpaired) electrons. The number of fused-ring (bicyclic) bond motifs is 2. The third-order valence-corrected chi connectivity index (χ3v) is 14.6.